The van der Waals surface area contributed by atoms with Gasteiger partial charge in [0.05, 0.1) is 38.6 Å². The van der Waals surface area contributed by atoms with Crippen LogP contribution >= 0.6 is 0 Å². The predicted molar refractivity (Wildman–Crippen MR) is 146 cm³/mol. The highest BCUT2D eigenvalue weighted by Crippen LogP contribution is 2.39. The number of aliphatic hydroxyl groups is 1. The van der Waals surface area contributed by atoms with E-state index in [9.17, 15) is 31.9 Å². The number of nitrogens with zero attached hydrogens (tertiary/aromatic N) is 3. The lowest BCUT2D eigenvalue weighted by Gasteiger charge is -2.26. The molecule has 8 nitrogen and oxygen atoms in total. The zero-order chi connectivity index (χ0) is 31.1. The number of benzene rings is 3. The molecule has 2 heterocycles. The first-order valence-corrected chi connectivity index (χ1v) is 12.9. The Balaban J connectivity index is 1.54. The summed E-state index contributed by atoms with van der Waals surface area (Å²) < 4.78 is 80.0. The highest BCUT2D eigenvalue weighted by molar-refractivity contribution is 6.03. The molecule has 1 aliphatic rings. The van der Waals surface area contributed by atoms with Gasteiger partial charge in [0.25, 0.3) is 5.91 Å². The summed E-state index contributed by atoms with van der Waals surface area (Å²) in [6.07, 6.45) is -4.92. The van der Waals surface area contributed by atoms with Crippen molar-refractivity contribution in [1.29, 1.82) is 0 Å². The van der Waals surface area contributed by atoms with Gasteiger partial charge in [-0.1, -0.05) is 18.2 Å². The van der Waals surface area contributed by atoms with Crippen molar-refractivity contribution in [2.75, 3.05) is 19.5 Å². The first-order chi connectivity index (χ1) is 20.3. The van der Waals surface area contributed by atoms with Crippen molar-refractivity contribution in [2.45, 2.75) is 31.8 Å². The summed E-state index contributed by atoms with van der Waals surface area (Å²) in [5.41, 5.74) is -2.96. The molecule has 224 valence electrons. The zero-order valence-electron chi connectivity index (χ0n) is 23.1. The van der Waals surface area contributed by atoms with E-state index in [-0.39, 0.29) is 41.7 Å². The fourth-order valence-corrected chi connectivity index (χ4v) is 4.67. The second kappa shape index (κ2) is 11.1. The van der Waals surface area contributed by atoms with E-state index >= 15 is 0 Å². The summed E-state index contributed by atoms with van der Waals surface area (Å²) in [7, 11) is 2.98. The lowest BCUT2D eigenvalue weighted by molar-refractivity contribution is -0.258. The van der Waals surface area contributed by atoms with Gasteiger partial charge in [-0.3, -0.25) is 4.79 Å². The van der Waals surface area contributed by atoms with Crippen LogP contribution in [0, 0.1) is 11.6 Å². The highest BCUT2D eigenvalue weighted by Gasteiger charge is 2.51. The van der Waals surface area contributed by atoms with Crippen molar-refractivity contribution in [3.8, 4) is 22.9 Å². The van der Waals surface area contributed by atoms with Crippen molar-refractivity contribution >= 4 is 17.4 Å². The van der Waals surface area contributed by atoms with Crippen LogP contribution < -0.4 is 14.8 Å². The Labute approximate surface area is 242 Å². The minimum atomic E-state index is -4.92. The smallest absolute Gasteiger partial charge is 0.421 e. The van der Waals surface area contributed by atoms with Gasteiger partial charge in [-0.2, -0.15) is 13.2 Å². The van der Waals surface area contributed by atoms with Crippen LogP contribution in [0.2, 0.25) is 0 Å². The molecule has 0 spiro atoms. The number of amides is 1. The predicted octanol–water partition coefficient (Wildman–Crippen LogP) is 6.11. The average Bonchev–Trinajstić information content (AvgIpc) is 3.27. The fourth-order valence-electron chi connectivity index (χ4n) is 4.67. The Morgan fingerprint density at radius 1 is 0.953 bits per heavy atom. The molecule has 0 aliphatic carbocycles. The number of halogens is 5. The Hall–Kier alpha value is -4.78. The standard InChI is InChI=1S/C30H25F5N4O4/c1-29(41,30(33,34)35)17-8-10-18(11-9-17)36-27-25-22(37-26(38-27)24-20(31)5-4-6-21(24)32)15-39(28(25)40)14-16-7-12-19(42-2)13-23(16)43-3/h4-13,41H,14-15H2,1-3H3,(H,36,37,38). The van der Waals surface area contributed by atoms with E-state index in [1.807, 2.05) is 0 Å². The number of carbonyl (C=O) groups excluding carboxylic acids is 1. The van der Waals surface area contributed by atoms with Crippen LogP contribution in [0.1, 0.15) is 34.1 Å². The average molecular weight is 601 g/mol. The van der Waals surface area contributed by atoms with Gasteiger partial charge in [-0.25, -0.2) is 18.7 Å². The van der Waals surface area contributed by atoms with Gasteiger partial charge >= 0.3 is 6.18 Å². The minimum absolute atomic E-state index is 0.0272. The van der Waals surface area contributed by atoms with Crippen molar-refractivity contribution in [3.63, 3.8) is 0 Å². The quantitative estimate of drug-likeness (QED) is 0.236. The number of fused-ring (bicyclic) bond motifs is 1. The van der Waals surface area contributed by atoms with Crippen LogP contribution in [0.3, 0.4) is 0 Å². The number of alkyl halides is 3. The number of nitrogens with one attached hydrogen (secondary N) is 1. The van der Waals surface area contributed by atoms with Crippen LogP contribution in [0.5, 0.6) is 11.5 Å². The molecule has 3 aromatic carbocycles. The summed E-state index contributed by atoms with van der Waals surface area (Å²) in [6.45, 7) is 0.691. The van der Waals surface area contributed by atoms with Gasteiger partial charge in [0, 0.05) is 17.3 Å². The molecule has 1 unspecified atom stereocenters. The molecule has 0 fully saturated rings. The van der Waals surface area contributed by atoms with Crippen molar-refractivity contribution in [1.82, 2.24) is 14.9 Å². The topological polar surface area (TPSA) is 96.8 Å². The van der Waals surface area contributed by atoms with E-state index in [1.54, 1.807) is 18.2 Å². The van der Waals surface area contributed by atoms with E-state index < -0.39 is 40.4 Å². The third-order valence-corrected chi connectivity index (χ3v) is 7.13. The van der Waals surface area contributed by atoms with E-state index in [0.717, 1.165) is 24.3 Å². The number of hydrogen-bond acceptors (Lipinski definition) is 7. The summed E-state index contributed by atoms with van der Waals surface area (Å²) in [6, 6.07) is 13.0. The second-order valence-electron chi connectivity index (χ2n) is 9.93. The van der Waals surface area contributed by atoms with Crippen LogP contribution in [-0.2, 0) is 18.7 Å². The number of aromatic nitrogens is 2. The van der Waals surface area contributed by atoms with E-state index in [4.69, 9.17) is 9.47 Å². The molecule has 43 heavy (non-hydrogen) atoms. The maximum atomic E-state index is 14.7. The van der Waals surface area contributed by atoms with Gasteiger partial charge < -0.3 is 24.8 Å². The number of anilines is 2. The number of methoxy groups -OCH3 is 2. The molecule has 0 saturated carbocycles. The summed E-state index contributed by atoms with van der Waals surface area (Å²) >= 11 is 0. The molecule has 1 atom stereocenters. The summed E-state index contributed by atoms with van der Waals surface area (Å²) in [4.78, 5) is 23.7. The molecule has 1 aromatic heterocycles. The van der Waals surface area contributed by atoms with Crippen LogP contribution in [0.15, 0.2) is 60.7 Å². The SMILES string of the molecule is COc1ccc(CN2Cc3nc(-c4c(F)cccc4F)nc(Nc4ccc(C(C)(O)C(F)(F)F)cc4)c3C2=O)c(OC)c1. The van der Waals surface area contributed by atoms with Crippen LogP contribution in [-0.4, -0.2) is 46.3 Å². The molecule has 5 rings (SSSR count). The maximum absolute atomic E-state index is 14.7. The Morgan fingerprint density at radius 3 is 2.23 bits per heavy atom. The fraction of sp³-hybridized carbons (Fsp3) is 0.233. The van der Waals surface area contributed by atoms with Gasteiger partial charge in [0.1, 0.15) is 34.5 Å². The van der Waals surface area contributed by atoms with Gasteiger partial charge in [-0.15, -0.1) is 0 Å². The molecule has 13 heteroatoms. The zero-order valence-corrected chi connectivity index (χ0v) is 23.1. The second-order valence-corrected chi connectivity index (χ2v) is 9.93. The van der Waals surface area contributed by atoms with Crippen molar-refractivity contribution < 1.29 is 41.3 Å². The Kier molecular flexibility index (Phi) is 7.69. The molecule has 2 N–H and O–H groups in total. The molecule has 0 radical (unpaired) electrons. The lowest BCUT2D eigenvalue weighted by Crippen LogP contribution is -2.39. The normalized spacial score (nSPS) is 14.3. The minimum Gasteiger partial charge on any atom is -0.497 e. The first-order valence-electron chi connectivity index (χ1n) is 12.9. The number of carbonyl (C=O) groups is 1. The Morgan fingerprint density at radius 2 is 1.63 bits per heavy atom. The summed E-state index contributed by atoms with van der Waals surface area (Å²) in [5.74, 6) is -1.75. The van der Waals surface area contributed by atoms with Gasteiger partial charge in [0.15, 0.2) is 11.4 Å². The third kappa shape index (κ3) is 5.55. The van der Waals surface area contributed by atoms with Gasteiger partial charge in [-0.05, 0) is 48.9 Å². The van der Waals surface area contributed by atoms with E-state index in [2.05, 4.69) is 15.3 Å². The van der Waals surface area contributed by atoms with Crippen molar-refractivity contribution in [2.24, 2.45) is 0 Å². The van der Waals surface area contributed by atoms with E-state index in [0.29, 0.717) is 24.0 Å². The first kappa shape index (κ1) is 29.7. The van der Waals surface area contributed by atoms with Gasteiger partial charge in [0.2, 0.25) is 0 Å². The maximum Gasteiger partial charge on any atom is 0.421 e. The summed E-state index contributed by atoms with van der Waals surface area (Å²) in [5, 5.41) is 12.9. The number of rotatable bonds is 8. The van der Waals surface area contributed by atoms with E-state index in [1.165, 1.54) is 37.3 Å². The molecule has 1 aliphatic heterocycles. The molecule has 0 saturated heterocycles. The largest absolute Gasteiger partial charge is 0.497 e. The number of ether oxygens (including phenoxy) is 2. The monoisotopic (exact) mass is 600 g/mol. The third-order valence-electron chi connectivity index (χ3n) is 7.13. The van der Waals surface area contributed by atoms with Crippen molar-refractivity contribution in [3.05, 3.63) is 94.7 Å². The highest BCUT2D eigenvalue weighted by atomic mass is 19.4. The molecular formula is C30H25F5N4O4. The lowest BCUT2D eigenvalue weighted by atomic mass is 9.95. The Bertz CT molecular complexity index is 1670. The van der Waals surface area contributed by atoms with Crippen LogP contribution in [0.25, 0.3) is 11.4 Å². The van der Waals surface area contributed by atoms with Crippen LogP contribution in [0.4, 0.5) is 33.5 Å². The molecule has 1 amide bonds. The number of hydrogen-bond donors (Lipinski definition) is 2. The molecule has 4 aromatic rings. The molecule has 0 bridgehead atoms. The molecular weight excluding hydrogens is 575 g/mol.